The molecule has 7 heteroatoms. The van der Waals surface area contributed by atoms with Gasteiger partial charge in [0.25, 0.3) is 0 Å². The third-order valence-corrected chi connectivity index (χ3v) is 4.13. The summed E-state index contributed by atoms with van der Waals surface area (Å²) < 4.78 is 10.9. The Hall–Kier alpha value is -2.33. The lowest BCUT2D eigenvalue weighted by molar-refractivity contribution is 0.0220. The van der Waals surface area contributed by atoms with Crippen LogP contribution in [0.4, 0.5) is 10.6 Å². The monoisotopic (exact) mass is 344 g/mol. The molecule has 0 aliphatic carbocycles. The predicted octanol–water partition coefficient (Wildman–Crippen LogP) is 1.59. The van der Waals surface area contributed by atoms with E-state index < -0.39 is 5.60 Å². The predicted molar refractivity (Wildman–Crippen MR) is 93.3 cm³/mol. The van der Waals surface area contributed by atoms with Crippen LogP contribution >= 0.6 is 0 Å². The van der Waals surface area contributed by atoms with E-state index in [4.69, 9.17) is 15.9 Å². The van der Waals surface area contributed by atoms with Crippen LogP contribution in [0.2, 0.25) is 0 Å². The molecule has 0 unspecified atom stereocenters. The summed E-state index contributed by atoms with van der Waals surface area (Å²) in [6.07, 6.45) is 5.90. The lowest BCUT2D eigenvalue weighted by Gasteiger charge is -2.34. The Morgan fingerprint density at radius 1 is 1.24 bits per heavy atom. The second-order valence-corrected chi connectivity index (χ2v) is 7.19. The number of nitrogens with zero attached hydrogens (tertiary/aromatic N) is 4. The summed E-state index contributed by atoms with van der Waals surface area (Å²) in [5.41, 5.74) is 1.36. The van der Waals surface area contributed by atoms with Crippen molar-refractivity contribution in [1.29, 1.82) is 0 Å². The minimum absolute atomic E-state index is 0.327. The van der Waals surface area contributed by atoms with Gasteiger partial charge >= 0.3 is 6.09 Å². The minimum Gasteiger partial charge on any atom is -0.444 e. The maximum Gasteiger partial charge on any atom is 0.410 e. The molecule has 1 aromatic heterocycles. The number of anilines is 1. The van der Waals surface area contributed by atoms with Crippen LogP contribution in [0.15, 0.2) is 0 Å². The number of aromatic nitrogens is 2. The van der Waals surface area contributed by atoms with Gasteiger partial charge in [-0.05, 0) is 33.1 Å². The molecule has 2 aliphatic rings. The van der Waals surface area contributed by atoms with E-state index in [-0.39, 0.29) is 6.09 Å². The van der Waals surface area contributed by atoms with Crippen LogP contribution in [0.3, 0.4) is 0 Å². The maximum absolute atomic E-state index is 12.4. The van der Waals surface area contributed by atoms with Gasteiger partial charge in [-0.25, -0.2) is 14.8 Å². The number of carbonyl (C=O) groups excluding carboxylic acids is 1. The van der Waals surface area contributed by atoms with Crippen molar-refractivity contribution < 1.29 is 14.3 Å². The van der Waals surface area contributed by atoms with E-state index in [0.29, 0.717) is 38.5 Å². The zero-order valence-electron chi connectivity index (χ0n) is 15.0. The molecule has 134 valence electrons. The molecule has 0 N–H and O–H groups in total. The molecule has 3 rings (SSSR count). The first-order valence-corrected chi connectivity index (χ1v) is 8.54. The molecule has 1 saturated heterocycles. The Morgan fingerprint density at radius 3 is 2.60 bits per heavy atom. The number of rotatable bonds is 1. The summed E-state index contributed by atoms with van der Waals surface area (Å²) in [7, 11) is 0. The van der Waals surface area contributed by atoms with Crippen LogP contribution in [0.25, 0.3) is 0 Å². The highest BCUT2D eigenvalue weighted by Gasteiger charge is 2.30. The van der Waals surface area contributed by atoms with Gasteiger partial charge in [0.05, 0.1) is 25.5 Å². The van der Waals surface area contributed by atoms with Gasteiger partial charge in [-0.15, -0.1) is 6.42 Å². The number of ether oxygens (including phenoxy) is 2. The third-order valence-electron chi connectivity index (χ3n) is 4.13. The van der Waals surface area contributed by atoms with Crippen LogP contribution in [0, 0.1) is 12.3 Å². The molecule has 1 fully saturated rings. The average molecular weight is 344 g/mol. The summed E-state index contributed by atoms with van der Waals surface area (Å²) in [5.74, 6) is 3.76. The van der Waals surface area contributed by atoms with Gasteiger partial charge in [0, 0.05) is 25.2 Å². The zero-order chi connectivity index (χ0) is 18.0. The van der Waals surface area contributed by atoms with Crippen molar-refractivity contribution in [3.8, 4) is 12.3 Å². The molecule has 7 nitrogen and oxygen atoms in total. The fourth-order valence-electron chi connectivity index (χ4n) is 2.99. The fraction of sp³-hybridized carbons (Fsp3) is 0.611. The number of morpholine rings is 1. The summed E-state index contributed by atoms with van der Waals surface area (Å²) >= 11 is 0. The van der Waals surface area contributed by atoms with Crippen LogP contribution in [0.1, 0.15) is 37.9 Å². The van der Waals surface area contributed by atoms with Gasteiger partial charge in [0.1, 0.15) is 11.4 Å². The van der Waals surface area contributed by atoms with E-state index >= 15 is 0 Å². The van der Waals surface area contributed by atoms with Gasteiger partial charge in [-0.1, -0.05) is 0 Å². The molecule has 0 bridgehead atoms. The lowest BCUT2D eigenvalue weighted by Crippen LogP contribution is -2.42. The SMILES string of the molecule is C#Cc1nc2c(c(N3CCOCC3)n1)CCN(C(=O)OC(C)(C)C)C2. The minimum atomic E-state index is -0.522. The summed E-state index contributed by atoms with van der Waals surface area (Å²) in [6.45, 7) is 9.46. The first-order valence-electron chi connectivity index (χ1n) is 8.54. The Balaban J connectivity index is 1.86. The van der Waals surface area contributed by atoms with Crippen molar-refractivity contribution in [1.82, 2.24) is 14.9 Å². The van der Waals surface area contributed by atoms with E-state index in [9.17, 15) is 4.79 Å². The van der Waals surface area contributed by atoms with Crippen molar-refractivity contribution in [3.63, 3.8) is 0 Å². The molecule has 3 heterocycles. The van der Waals surface area contributed by atoms with Crippen molar-refractivity contribution in [3.05, 3.63) is 17.1 Å². The highest BCUT2D eigenvalue weighted by atomic mass is 16.6. The second-order valence-electron chi connectivity index (χ2n) is 7.19. The van der Waals surface area contributed by atoms with Gasteiger partial charge in [0.15, 0.2) is 0 Å². The quantitative estimate of drug-likeness (QED) is 0.721. The zero-order valence-corrected chi connectivity index (χ0v) is 15.0. The molecule has 25 heavy (non-hydrogen) atoms. The van der Waals surface area contributed by atoms with Gasteiger partial charge in [-0.3, -0.25) is 0 Å². The first-order chi connectivity index (χ1) is 11.9. The van der Waals surface area contributed by atoms with E-state index in [1.807, 2.05) is 20.8 Å². The maximum atomic E-state index is 12.4. The van der Waals surface area contributed by atoms with Crippen LogP contribution in [-0.4, -0.2) is 59.4 Å². The Morgan fingerprint density at radius 2 is 1.96 bits per heavy atom. The highest BCUT2D eigenvalue weighted by molar-refractivity contribution is 5.69. The summed E-state index contributed by atoms with van der Waals surface area (Å²) in [5, 5.41) is 0. The normalized spacial score (nSPS) is 17.7. The molecule has 0 aromatic carbocycles. The van der Waals surface area contributed by atoms with Crippen molar-refractivity contribution in [2.45, 2.75) is 39.3 Å². The third kappa shape index (κ3) is 4.02. The number of hydrogen-bond donors (Lipinski definition) is 0. The van der Waals surface area contributed by atoms with Gasteiger partial charge < -0.3 is 19.3 Å². The van der Waals surface area contributed by atoms with E-state index in [1.165, 1.54) is 0 Å². The largest absolute Gasteiger partial charge is 0.444 e. The molecule has 0 saturated carbocycles. The van der Waals surface area contributed by atoms with Crippen LogP contribution in [-0.2, 0) is 22.4 Å². The number of fused-ring (bicyclic) bond motifs is 1. The topological polar surface area (TPSA) is 67.8 Å². The Labute approximate surface area is 148 Å². The molecule has 0 spiro atoms. The van der Waals surface area contributed by atoms with Crippen LogP contribution < -0.4 is 4.90 Å². The molecule has 2 aliphatic heterocycles. The van der Waals surface area contributed by atoms with E-state index in [2.05, 4.69) is 20.8 Å². The van der Waals surface area contributed by atoms with Gasteiger partial charge in [0.2, 0.25) is 5.82 Å². The molecule has 1 aromatic rings. The Kier molecular flexibility index (Phi) is 4.82. The van der Waals surface area contributed by atoms with Crippen molar-refractivity contribution in [2.24, 2.45) is 0 Å². The molecule has 0 atom stereocenters. The van der Waals surface area contributed by atoms with Crippen molar-refractivity contribution in [2.75, 3.05) is 37.7 Å². The lowest BCUT2D eigenvalue weighted by atomic mass is 10.0. The first kappa shape index (κ1) is 17.5. The molecular formula is C18H24N4O3. The number of hydrogen-bond acceptors (Lipinski definition) is 6. The second kappa shape index (κ2) is 6.89. The number of terminal acetylenes is 1. The smallest absolute Gasteiger partial charge is 0.410 e. The number of amides is 1. The Bertz CT molecular complexity index is 699. The highest BCUT2D eigenvalue weighted by Crippen LogP contribution is 2.27. The van der Waals surface area contributed by atoms with E-state index in [0.717, 1.165) is 30.2 Å². The number of carbonyl (C=O) groups is 1. The van der Waals surface area contributed by atoms with E-state index in [1.54, 1.807) is 4.90 Å². The average Bonchev–Trinajstić information content (AvgIpc) is 2.59. The van der Waals surface area contributed by atoms with Crippen LogP contribution in [0.5, 0.6) is 0 Å². The van der Waals surface area contributed by atoms with Crippen molar-refractivity contribution >= 4 is 11.9 Å². The molecule has 1 amide bonds. The van der Waals surface area contributed by atoms with Gasteiger partial charge in [-0.2, -0.15) is 0 Å². The fourth-order valence-corrected chi connectivity index (χ4v) is 2.99. The summed E-state index contributed by atoms with van der Waals surface area (Å²) in [6, 6.07) is 0. The molecule has 0 radical (unpaired) electrons. The standard InChI is InChI=1S/C18H24N4O3/c1-5-15-19-14-12-22(17(23)25-18(2,3)4)7-6-13(14)16(20-15)21-8-10-24-11-9-21/h1H,6-12H2,2-4H3. The molecular weight excluding hydrogens is 320 g/mol. The summed E-state index contributed by atoms with van der Waals surface area (Å²) in [4.78, 5) is 25.2.